The largest absolute Gasteiger partial charge is 0.396 e. The third-order valence-electron chi connectivity index (χ3n) is 2.86. The summed E-state index contributed by atoms with van der Waals surface area (Å²) in [4.78, 5) is 12.6. The van der Waals surface area contributed by atoms with Gasteiger partial charge in [0.25, 0.3) is 0 Å². The minimum absolute atomic E-state index is 0.0972. The number of ether oxygens (including phenoxy) is 1. The second kappa shape index (κ2) is 4.75. The van der Waals surface area contributed by atoms with E-state index in [0.717, 1.165) is 12.8 Å². The smallest absolute Gasteiger partial charge is 0.210 e. The summed E-state index contributed by atoms with van der Waals surface area (Å²) < 4.78 is 5.68. The molecule has 1 aliphatic rings. The molecule has 4 heteroatoms. The minimum atomic E-state index is -0.374. The van der Waals surface area contributed by atoms with Crippen LogP contribution in [0.5, 0.6) is 0 Å². The zero-order valence-electron chi connectivity index (χ0n) is 8.90. The van der Waals surface area contributed by atoms with Gasteiger partial charge in [-0.25, -0.2) is 0 Å². The van der Waals surface area contributed by atoms with Crippen LogP contribution in [-0.2, 0) is 9.53 Å². The van der Waals surface area contributed by atoms with E-state index in [1.54, 1.807) is 4.90 Å². The Balaban J connectivity index is 2.59. The van der Waals surface area contributed by atoms with Crippen molar-refractivity contribution in [1.82, 2.24) is 4.90 Å². The number of morpholine rings is 1. The van der Waals surface area contributed by atoms with Crippen LogP contribution in [0.4, 0.5) is 0 Å². The van der Waals surface area contributed by atoms with Crippen LogP contribution in [-0.4, -0.2) is 47.8 Å². The van der Waals surface area contributed by atoms with Gasteiger partial charge in [-0.05, 0) is 13.3 Å². The fraction of sp³-hybridized carbons (Fsp3) is 0.900. The molecule has 1 N–H and O–H groups in total. The van der Waals surface area contributed by atoms with E-state index in [1.165, 1.54) is 0 Å². The van der Waals surface area contributed by atoms with E-state index in [0.29, 0.717) is 19.6 Å². The summed E-state index contributed by atoms with van der Waals surface area (Å²) in [6.45, 7) is 5.23. The van der Waals surface area contributed by atoms with Crippen LogP contribution < -0.4 is 0 Å². The molecule has 1 heterocycles. The molecule has 1 saturated heterocycles. The molecule has 1 rings (SSSR count). The Morgan fingerprint density at radius 1 is 1.71 bits per heavy atom. The van der Waals surface area contributed by atoms with Crippen LogP contribution in [0.3, 0.4) is 0 Å². The first kappa shape index (κ1) is 11.5. The first-order valence-electron chi connectivity index (χ1n) is 5.11. The highest BCUT2D eigenvalue weighted by molar-refractivity contribution is 5.48. The van der Waals surface area contributed by atoms with Crippen LogP contribution in [0.25, 0.3) is 0 Å². The second-order valence-corrected chi connectivity index (χ2v) is 4.07. The Bertz CT molecular complexity index is 198. The summed E-state index contributed by atoms with van der Waals surface area (Å²) in [5.41, 5.74) is -0.374. The number of carbonyl (C=O) groups excluding carboxylic acids is 1. The molecular weight excluding hydrogens is 182 g/mol. The van der Waals surface area contributed by atoms with Crippen LogP contribution in [0.15, 0.2) is 0 Å². The van der Waals surface area contributed by atoms with E-state index in [2.05, 4.69) is 0 Å². The lowest BCUT2D eigenvalue weighted by Crippen LogP contribution is -2.54. The molecule has 0 saturated carbocycles. The molecule has 0 radical (unpaired) electrons. The highest BCUT2D eigenvalue weighted by atomic mass is 16.5. The summed E-state index contributed by atoms with van der Waals surface area (Å²) in [5.74, 6) is 0. The van der Waals surface area contributed by atoms with E-state index >= 15 is 0 Å². The molecule has 0 bridgehead atoms. The van der Waals surface area contributed by atoms with Gasteiger partial charge in [0.2, 0.25) is 6.41 Å². The summed E-state index contributed by atoms with van der Waals surface area (Å²) in [6.07, 6.45) is 2.37. The fourth-order valence-electron chi connectivity index (χ4n) is 1.82. The number of hydrogen-bond donors (Lipinski definition) is 1. The van der Waals surface area contributed by atoms with Crippen LogP contribution in [0.1, 0.15) is 26.7 Å². The van der Waals surface area contributed by atoms with Gasteiger partial charge in [-0.2, -0.15) is 0 Å². The third kappa shape index (κ3) is 2.45. The fourth-order valence-corrected chi connectivity index (χ4v) is 1.82. The number of rotatable bonds is 4. The van der Waals surface area contributed by atoms with Gasteiger partial charge in [0.1, 0.15) is 0 Å². The van der Waals surface area contributed by atoms with Crippen molar-refractivity contribution in [3.05, 3.63) is 0 Å². The zero-order valence-corrected chi connectivity index (χ0v) is 8.90. The van der Waals surface area contributed by atoms with Gasteiger partial charge >= 0.3 is 0 Å². The highest BCUT2D eigenvalue weighted by Crippen LogP contribution is 2.24. The summed E-state index contributed by atoms with van der Waals surface area (Å²) in [5, 5.41) is 8.88. The summed E-state index contributed by atoms with van der Waals surface area (Å²) in [7, 11) is 0. The van der Waals surface area contributed by atoms with Crippen molar-refractivity contribution in [2.75, 3.05) is 19.8 Å². The Kier molecular flexibility index (Phi) is 3.89. The standard InChI is InChI=1S/C10H19NO3/c1-3-9-6-14-10(2,4-5-12)7-11(9)8-13/h8-9,12H,3-7H2,1-2H3/t9-,10?/m1/s1. The van der Waals surface area contributed by atoms with Crippen LogP contribution >= 0.6 is 0 Å². The normalized spacial score (nSPS) is 33.1. The van der Waals surface area contributed by atoms with Crippen molar-refractivity contribution >= 4 is 6.41 Å². The predicted molar refractivity (Wildman–Crippen MR) is 52.9 cm³/mol. The van der Waals surface area contributed by atoms with Gasteiger partial charge in [-0.15, -0.1) is 0 Å². The molecule has 2 atom stereocenters. The van der Waals surface area contributed by atoms with Gasteiger partial charge in [-0.1, -0.05) is 6.92 Å². The SMILES string of the molecule is CC[C@@H]1COC(C)(CCO)CN1C=O. The van der Waals surface area contributed by atoms with Gasteiger partial charge in [0, 0.05) is 19.6 Å². The average molecular weight is 201 g/mol. The molecule has 0 aromatic heterocycles. The minimum Gasteiger partial charge on any atom is -0.396 e. The molecule has 1 unspecified atom stereocenters. The van der Waals surface area contributed by atoms with Crippen molar-refractivity contribution in [3.8, 4) is 0 Å². The monoisotopic (exact) mass is 201 g/mol. The lowest BCUT2D eigenvalue weighted by Gasteiger charge is -2.43. The molecule has 1 fully saturated rings. The van der Waals surface area contributed by atoms with E-state index in [1.807, 2.05) is 13.8 Å². The first-order valence-corrected chi connectivity index (χ1v) is 5.11. The van der Waals surface area contributed by atoms with E-state index in [4.69, 9.17) is 9.84 Å². The number of carbonyl (C=O) groups is 1. The van der Waals surface area contributed by atoms with Crippen molar-refractivity contribution < 1.29 is 14.6 Å². The summed E-state index contributed by atoms with van der Waals surface area (Å²) >= 11 is 0. The maximum Gasteiger partial charge on any atom is 0.210 e. The molecule has 0 aromatic rings. The van der Waals surface area contributed by atoms with Crippen LogP contribution in [0, 0.1) is 0 Å². The molecule has 0 aromatic carbocycles. The van der Waals surface area contributed by atoms with Crippen molar-refractivity contribution in [2.45, 2.75) is 38.3 Å². The third-order valence-corrected chi connectivity index (χ3v) is 2.86. The molecule has 14 heavy (non-hydrogen) atoms. The maximum atomic E-state index is 10.8. The summed E-state index contributed by atoms with van der Waals surface area (Å²) in [6, 6.07) is 0.194. The molecule has 0 spiro atoms. The van der Waals surface area contributed by atoms with Crippen molar-refractivity contribution in [1.29, 1.82) is 0 Å². The maximum absolute atomic E-state index is 10.8. The predicted octanol–water partition coefficient (Wildman–Crippen LogP) is 0.395. The Hall–Kier alpha value is -0.610. The van der Waals surface area contributed by atoms with Gasteiger partial charge < -0.3 is 14.7 Å². The Morgan fingerprint density at radius 2 is 2.43 bits per heavy atom. The number of aliphatic hydroxyl groups excluding tert-OH is 1. The van der Waals surface area contributed by atoms with Crippen LogP contribution in [0.2, 0.25) is 0 Å². The lowest BCUT2D eigenvalue weighted by molar-refractivity contribution is -0.150. The molecule has 1 amide bonds. The molecule has 0 aliphatic carbocycles. The molecular formula is C10H19NO3. The zero-order chi connectivity index (χ0) is 10.6. The van der Waals surface area contributed by atoms with Crippen molar-refractivity contribution in [2.24, 2.45) is 0 Å². The lowest BCUT2D eigenvalue weighted by atomic mass is 9.98. The van der Waals surface area contributed by atoms with Gasteiger partial charge in [0.15, 0.2) is 0 Å². The van der Waals surface area contributed by atoms with Gasteiger partial charge in [0.05, 0.1) is 18.2 Å². The van der Waals surface area contributed by atoms with Gasteiger partial charge in [-0.3, -0.25) is 4.79 Å². The Labute approximate surface area is 84.8 Å². The first-order chi connectivity index (χ1) is 6.65. The number of hydrogen-bond acceptors (Lipinski definition) is 3. The quantitative estimate of drug-likeness (QED) is 0.670. The molecule has 82 valence electrons. The number of aliphatic hydroxyl groups is 1. The average Bonchev–Trinajstić information content (AvgIpc) is 2.18. The topological polar surface area (TPSA) is 49.8 Å². The number of amides is 1. The highest BCUT2D eigenvalue weighted by Gasteiger charge is 2.35. The van der Waals surface area contributed by atoms with Crippen molar-refractivity contribution in [3.63, 3.8) is 0 Å². The Morgan fingerprint density at radius 3 is 2.93 bits per heavy atom. The molecule has 1 aliphatic heterocycles. The number of nitrogens with zero attached hydrogens (tertiary/aromatic N) is 1. The van der Waals surface area contributed by atoms with E-state index in [9.17, 15) is 4.79 Å². The molecule has 4 nitrogen and oxygen atoms in total. The van der Waals surface area contributed by atoms with E-state index < -0.39 is 0 Å². The second-order valence-electron chi connectivity index (χ2n) is 4.07. The van der Waals surface area contributed by atoms with E-state index in [-0.39, 0.29) is 18.2 Å².